The molecular weight excluding hydrogens is 172 g/mol. The van der Waals surface area contributed by atoms with Crippen LogP contribution >= 0.6 is 0 Å². The molecule has 0 spiro atoms. The molecule has 1 aromatic rings. The lowest BCUT2D eigenvalue weighted by atomic mass is 10.1. The van der Waals surface area contributed by atoms with Crippen molar-refractivity contribution in [3.8, 4) is 0 Å². The van der Waals surface area contributed by atoms with Gasteiger partial charge in [-0.05, 0) is 19.4 Å². The fourth-order valence-electron chi connectivity index (χ4n) is 1.39. The van der Waals surface area contributed by atoms with Crippen LogP contribution < -0.4 is 10.6 Å². The number of aryl methyl sites for hydroxylation is 1. The molecule has 0 fully saturated rings. The van der Waals surface area contributed by atoms with Crippen LogP contribution in [0, 0.1) is 6.92 Å². The maximum Gasteiger partial charge on any atom is 0.0600 e. The van der Waals surface area contributed by atoms with Gasteiger partial charge < -0.3 is 10.6 Å². The zero-order valence-corrected chi connectivity index (χ0v) is 9.31. The van der Waals surface area contributed by atoms with Crippen LogP contribution in [0.4, 0.5) is 0 Å². The van der Waals surface area contributed by atoms with Crippen molar-refractivity contribution in [2.24, 2.45) is 0 Å². The molecule has 0 unspecified atom stereocenters. The van der Waals surface area contributed by atoms with Gasteiger partial charge in [-0.25, -0.2) is 0 Å². The summed E-state index contributed by atoms with van der Waals surface area (Å²) in [6.07, 6.45) is 0. The number of hydrogen-bond acceptors (Lipinski definition) is 2. The summed E-state index contributed by atoms with van der Waals surface area (Å²) in [4.78, 5) is 0. The maximum absolute atomic E-state index is 3.21. The summed E-state index contributed by atoms with van der Waals surface area (Å²) < 4.78 is 0. The first kappa shape index (κ1) is 10.6. The molecule has 0 aliphatic rings. The molecule has 1 aromatic carbocycles. The van der Waals surface area contributed by atoms with Crippen molar-refractivity contribution in [1.29, 1.82) is 0 Å². The number of hydrogen-bond donors (Lipinski definition) is 2. The fraction of sp³-hybridized carbons (Fsp3) is 0.333. The van der Waals surface area contributed by atoms with Gasteiger partial charge in [0.15, 0.2) is 0 Å². The molecule has 2 heteroatoms. The second-order valence-electron chi connectivity index (χ2n) is 3.37. The minimum atomic E-state index is 1.15. The van der Waals surface area contributed by atoms with E-state index in [1.165, 1.54) is 11.1 Å². The number of benzene rings is 1. The van der Waals surface area contributed by atoms with E-state index in [-0.39, 0.29) is 0 Å². The van der Waals surface area contributed by atoms with Crippen molar-refractivity contribution in [3.63, 3.8) is 0 Å². The molecule has 0 radical (unpaired) electrons. The van der Waals surface area contributed by atoms with Gasteiger partial charge in [-0.3, -0.25) is 0 Å². The molecule has 1 rings (SSSR count). The molecule has 0 atom stereocenters. The molecule has 0 saturated heterocycles. The maximum atomic E-state index is 3.21. The van der Waals surface area contributed by atoms with Gasteiger partial charge in [-0.15, -0.1) is 0 Å². The topological polar surface area (TPSA) is 24.1 Å². The van der Waals surface area contributed by atoms with Crippen LogP contribution in [-0.2, 0) is 0 Å². The highest BCUT2D eigenvalue weighted by atomic mass is 14.9. The van der Waals surface area contributed by atoms with Crippen molar-refractivity contribution in [1.82, 2.24) is 10.6 Å². The van der Waals surface area contributed by atoms with E-state index in [9.17, 15) is 0 Å². The van der Waals surface area contributed by atoms with Crippen LogP contribution in [0.1, 0.15) is 18.1 Å². The van der Waals surface area contributed by atoms with E-state index in [1.54, 1.807) is 0 Å². The van der Waals surface area contributed by atoms with Crippen molar-refractivity contribution in [3.05, 3.63) is 41.1 Å². The normalized spacial score (nSPS) is 12.0. The first-order valence-corrected chi connectivity index (χ1v) is 4.82. The second-order valence-corrected chi connectivity index (χ2v) is 3.37. The van der Waals surface area contributed by atoms with Crippen molar-refractivity contribution in [2.75, 3.05) is 14.1 Å². The van der Waals surface area contributed by atoms with Crippen LogP contribution in [0.25, 0.3) is 5.70 Å². The summed E-state index contributed by atoms with van der Waals surface area (Å²) in [5, 5.41) is 6.35. The van der Waals surface area contributed by atoms with Gasteiger partial charge in [0, 0.05) is 19.8 Å². The molecule has 0 aromatic heterocycles. The Kier molecular flexibility index (Phi) is 3.57. The van der Waals surface area contributed by atoms with Crippen molar-refractivity contribution >= 4 is 5.70 Å². The Balaban J connectivity index is 3.08. The van der Waals surface area contributed by atoms with Gasteiger partial charge in [0.25, 0.3) is 0 Å². The lowest BCUT2D eigenvalue weighted by molar-refractivity contribution is 0.959. The fourth-order valence-corrected chi connectivity index (χ4v) is 1.39. The Morgan fingerprint density at radius 3 is 2.00 bits per heavy atom. The zero-order chi connectivity index (χ0) is 10.6. The number of allylic oxidation sites excluding steroid dienone is 1. The lowest BCUT2D eigenvalue weighted by Gasteiger charge is -2.12. The molecule has 2 N–H and O–H groups in total. The SMILES string of the molecule is CN/C(C)=C(/NC)c1ccc(C)cc1. The van der Waals surface area contributed by atoms with Crippen LogP contribution in [-0.4, -0.2) is 14.1 Å². The Labute approximate surface area is 86.0 Å². The van der Waals surface area contributed by atoms with E-state index in [2.05, 4.69) is 48.7 Å². The highest BCUT2D eigenvalue weighted by molar-refractivity contribution is 5.66. The molecule has 0 aliphatic carbocycles. The quantitative estimate of drug-likeness (QED) is 0.763. The van der Waals surface area contributed by atoms with Gasteiger partial charge in [-0.2, -0.15) is 0 Å². The minimum absolute atomic E-state index is 1.15. The van der Waals surface area contributed by atoms with Crippen LogP contribution in [0.2, 0.25) is 0 Å². The summed E-state index contributed by atoms with van der Waals surface area (Å²) in [6, 6.07) is 8.50. The van der Waals surface area contributed by atoms with Crippen LogP contribution in [0.3, 0.4) is 0 Å². The van der Waals surface area contributed by atoms with Gasteiger partial charge >= 0.3 is 0 Å². The first-order chi connectivity index (χ1) is 6.69. The first-order valence-electron chi connectivity index (χ1n) is 4.82. The summed E-state index contributed by atoms with van der Waals surface area (Å²) in [5.74, 6) is 0. The summed E-state index contributed by atoms with van der Waals surface area (Å²) in [6.45, 7) is 4.16. The molecule has 76 valence electrons. The van der Waals surface area contributed by atoms with Gasteiger partial charge in [0.05, 0.1) is 5.70 Å². The van der Waals surface area contributed by atoms with E-state index in [4.69, 9.17) is 0 Å². The highest BCUT2D eigenvalue weighted by Crippen LogP contribution is 2.14. The third-order valence-corrected chi connectivity index (χ3v) is 2.34. The molecular formula is C12H18N2. The summed E-state index contributed by atoms with van der Waals surface area (Å²) in [7, 11) is 3.87. The number of rotatable bonds is 3. The monoisotopic (exact) mass is 190 g/mol. The third-order valence-electron chi connectivity index (χ3n) is 2.34. The Hall–Kier alpha value is -1.44. The third kappa shape index (κ3) is 2.28. The molecule has 0 saturated carbocycles. The van der Waals surface area contributed by atoms with E-state index in [1.807, 2.05) is 14.1 Å². The average molecular weight is 190 g/mol. The number of nitrogens with one attached hydrogen (secondary N) is 2. The van der Waals surface area contributed by atoms with Crippen LogP contribution in [0.15, 0.2) is 30.0 Å². The smallest absolute Gasteiger partial charge is 0.0600 e. The largest absolute Gasteiger partial charge is 0.390 e. The summed E-state index contributed by atoms with van der Waals surface area (Å²) >= 11 is 0. The molecule has 0 bridgehead atoms. The van der Waals surface area contributed by atoms with Gasteiger partial charge in [-0.1, -0.05) is 29.8 Å². The van der Waals surface area contributed by atoms with E-state index in [0.29, 0.717) is 0 Å². The molecule has 0 amide bonds. The Bertz CT molecular complexity index is 323. The Morgan fingerprint density at radius 1 is 1.00 bits per heavy atom. The van der Waals surface area contributed by atoms with E-state index < -0.39 is 0 Å². The highest BCUT2D eigenvalue weighted by Gasteiger charge is 2.01. The summed E-state index contributed by atoms with van der Waals surface area (Å²) in [5.41, 5.74) is 4.79. The van der Waals surface area contributed by atoms with E-state index >= 15 is 0 Å². The predicted octanol–water partition coefficient (Wildman–Crippen LogP) is 2.12. The second kappa shape index (κ2) is 4.70. The van der Waals surface area contributed by atoms with Gasteiger partial charge in [0.2, 0.25) is 0 Å². The lowest BCUT2D eigenvalue weighted by Crippen LogP contribution is -2.14. The molecule has 14 heavy (non-hydrogen) atoms. The standard InChI is InChI=1S/C12H18N2/c1-9-5-7-11(8-6-9)12(14-4)10(2)13-3/h5-8,13-14H,1-4H3/b12-10+. The zero-order valence-electron chi connectivity index (χ0n) is 9.31. The van der Waals surface area contributed by atoms with Crippen molar-refractivity contribution in [2.45, 2.75) is 13.8 Å². The Morgan fingerprint density at radius 2 is 1.57 bits per heavy atom. The average Bonchev–Trinajstić information content (AvgIpc) is 2.21. The van der Waals surface area contributed by atoms with Gasteiger partial charge in [0.1, 0.15) is 0 Å². The molecule has 0 heterocycles. The van der Waals surface area contributed by atoms with E-state index in [0.717, 1.165) is 11.4 Å². The molecule has 0 aliphatic heterocycles. The predicted molar refractivity (Wildman–Crippen MR) is 61.9 cm³/mol. The van der Waals surface area contributed by atoms with Crippen molar-refractivity contribution < 1.29 is 0 Å². The molecule has 2 nitrogen and oxygen atoms in total. The van der Waals surface area contributed by atoms with Crippen LogP contribution in [0.5, 0.6) is 0 Å². The minimum Gasteiger partial charge on any atom is -0.390 e.